The number of hydrogen-bond donors (Lipinski definition) is 0. The molecule has 12 nitrogen and oxygen atoms in total. The molecule has 3 aromatic carbocycles. The number of unbranched alkanes of at least 4 members (excludes halogenated alkanes) is 2. The molecule has 3 aromatic rings. The number of rotatable bonds is 12. The van der Waals surface area contributed by atoms with E-state index < -0.39 is 37.3 Å². The summed E-state index contributed by atoms with van der Waals surface area (Å²) in [5, 5.41) is 0. The summed E-state index contributed by atoms with van der Waals surface area (Å²) in [7, 11) is 42.4. The predicted molar refractivity (Wildman–Crippen MR) is 321 cm³/mol. The SMILES string of the molecule is C.CCCCN1C=CN(c2[c-]c(N3C=CN(C)[CH-]3)ccc2)[CH-]1.CCCCN1C=CN(c2[c-]c(N3C=CN(C)[CH-]3)ccc2)[CH-]1.CN1C=CN(c2[c-]c(N3C=CN(C)[CH-]3)ccc2)[CH-]1.[Cl][Pt]([Cl])[Cl].[Cl][Pt]([Cl])[Cl].[Cl][Pt]([I])[I]. The van der Waals surface area contributed by atoms with Crippen LogP contribution in [0.15, 0.2) is 129 Å². The third kappa shape index (κ3) is 25.7. The van der Waals surface area contributed by atoms with Crippen molar-refractivity contribution in [3.63, 3.8) is 0 Å². The van der Waals surface area contributed by atoms with Crippen molar-refractivity contribution in [2.45, 2.75) is 47.0 Å². The first kappa shape index (κ1) is 66.5. The van der Waals surface area contributed by atoms with Crippen molar-refractivity contribution < 1.29 is 37.3 Å². The minimum atomic E-state index is -1.85. The molecule has 0 saturated heterocycles. The Morgan fingerprint density at radius 3 is 0.795 bits per heavy atom. The first-order valence-electron chi connectivity index (χ1n) is 21.7. The van der Waals surface area contributed by atoms with Gasteiger partial charge in [-0.2, -0.15) is 58.2 Å². The molecule has 0 bridgehead atoms. The van der Waals surface area contributed by atoms with E-state index in [1.165, 1.54) is 25.7 Å². The molecular formula is C49H61Cl7I2N12Pt3-9. The molecule has 0 atom stereocenters. The standard InChI is InChI=1S/2C17H21N4.C14H15N4.CH4.7ClH.2HI.3Pt/c2*1-3-4-8-19-10-12-21(15-19)17-7-5-6-16(13-17)20-11-9-18(2)14-20;1-15-6-8-17(11-15)13-4-3-5-14(10-13)18-9-7-16(2)12-18;;;;;;;;;;;;;/h2*5-7,9-12,14-15H,3-4,8H2,1-2H3;3-9,11-12H,1-2H3;1H4;9*1H;;;/q3*-3;;;;;;;;;;;3*+3/p-9. The van der Waals surface area contributed by atoms with Crippen LogP contribution < -0.4 is 29.4 Å². The van der Waals surface area contributed by atoms with Gasteiger partial charge >= 0.3 is 142 Å². The van der Waals surface area contributed by atoms with Crippen LogP contribution in [0.1, 0.15) is 47.0 Å². The van der Waals surface area contributed by atoms with Gasteiger partial charge in [0, 0.05) is 0 Å². The Balaban J connectivity index is 0.000000259. The van der Waals surface area contributed by atoms with Crippen molar-refractivity contribution in [1.82, 2.24) is 29.4 Å². The summed E-state index contributed by atoms with van der Waals surface area (Å²) in [4.78, 5) is 25.0. The van der Waals surface area contributed by atoms with Crippen molar-refractivity contribution in [3.8, 4) is 0 Å². The molecular weight excluding hydrogens is 1840 g/mol. The Morgan fingerprint density at radius 1 is 0.397 bits per heavy atom. The fraction of sp³-hybridized carbons (Fsp3) is 0.265. The van der Waals surface area contributed by atoms with Crippen LogP contribution in [-0.4, -0.2) is 70.7 Å². The third-order valence-electron chi connectivity index (χ3n) is 9.96. The van der Waals surface area contributed by atoms with E-state index in [2.05, 4.69) is 175 Å². The zero-order valence-corrected chi connectivity index (χ0v) is 56.5. The second kappa shape index (κ2) is 36.4. The maximum atomic E-state index is 5.41. The molecule has 0 fully saturated rings. The van der Waals surface area contributed by atoms with Gasteiger partial charge in [-0.25, -0.2) is 0 Å². The summed E-state index contributed by atoms with van der Waals surface area (Å²) < 4.78 is 0. The van der Waals surface area contributed by atoms with E-state index in [1.807, 2.05) is 152 Å². The van der Waals surface area contributed by atoms with Crippen molar-refractivity contribution in [2.24, 2.45) is 0 Å². The van der Waals surface area contributed by atoms with E-state index >= 15 is 0 Å². The molecule has 6 aliphatic heterocycles. The first-order chi connectivity index (χ1) is 34.4. The summed E-state index contributed by atoms with van der Waals surface area (Å²) in [5.74, 6) is 0. The van der Waals surface area contributed by atoms with Crippen LogP contribution in [0, 0.1) is 58.2 Å². The molecule has 0 spiro atoms. The van der Waals surface area contributed by atoms with Crippen molar-refractivity contribution in [1.29, 1.82) is 0 Å². The Morgan fingerprint density at radius 2 is 0.603 bits per heavy atom. The molecule has 24 heteroatoms. The van der Waals surface area contributed by atoms with Gasteiger partial charge in [-0.05, 0) is 129 Å². The normalized spacial score (nSPS) is 16.4. The molecule has 9 rings (SSSR count). The Labute approximate surface area is 503 Å². The minimum absolute atomic E-state index is 0. The molecule has 0 aromatic heterocycles. The molecule has 6 heterocycles. The van der Waals surface area contributed by atoms with E-state index in [9.17, 15) is 0 Å². The monoisotopic (exact) mass is 1900 g/mol. The van der Waals surface area contributed by atoms with Gasteiger partial charge in [-0.15, -0.1) is 88.7 Å². The van der Waals surface area contributed by atoms with Crippen LogP contribution in [0.3, 0.4) is 0 Å². The Kier molecular flexibility index (Phi) is 33.2. The van der Waals surface area contributed by atoms with Gasteiger partial charge in [-0.1, -0.05) is 34.1 Å². The van der Waals surface area contributed by atoms with Crippen LogP contribution in [0.2, 0.25) is 0 Å². The van der Waals surface area contributed by atoms with Crippen LogP contribution in [0.25, 0.3) is 0 Å². The number of benzene rings is 3. The van der Waals surface area contributed by atoms with E-state index in [4.69, 9.17) is 65.9 Å². The zero-order chi connectivity index (χ0) is 52.6. The summed E-state index contributed by atoms with van der Waals surface area (Å²) >= 11 is 0.802. The second-order valence-corrected chi connectivity index (χ2v) is 66.5. The third-order valence-corrected chi connectivity index (χ3v) is 9.96. The number of nitrogens with zero attached hydrogens (tertiary/aromatic N) is 12. The van der Waals surface area contributed by atoms with Gasteiger partial charge in [-0.3, -0.25) is 0 Å². The number of anilines is 6. The van der Waals surface area contributed by atoms with E-state index in [0.717, 1.165) is 47.2 Å². The zero-order valence-electron chi connectivity index (χ0n) is 40.0. The van der Waals surface area contributed by atoms with Crippen molar-refractivity contribution in [3.05, 3.63) is 187 Å². The van der Waals surface area contributed by atoms with Gasteiger partial charge in [0.2, 0.25) is 0 Å². The van der Waals surface area contributed by atoms with Gasteiger partial charge in [0.05, 0.1) is 0 Å². The molecule has 0 unspecified atom stereocenters. The van der Waals surface area contributed by atoms with E-state index in [0.29, 0.717) is 0 Å². The van der Waals surface area contributed by atoms with E-state index in [1.54, 1.807) is 0 Å². The molecule has 6 aliphatic rings. The average Bonchev–Trinajstić information content (AvgIpc) is 4.22. The first-order valence-corrected chi connectivity index (χ1v) is 54.3. The van der Waals surface area contributed by atoms with Gasteiger partial charge in [0.1, 0.15) is 0 Å². The van der Waals surface area contributed by atoms with Crippen LogP contribution in [0.5, 0.6) is 0 Å². The number of halogens is 9. The summed E-state index contributed by atoms with van der Waals surface area (Å²) in [5.41, 5.74) is 6.26. The predicted octanol–water partition coefficient (Wildman–Crippen LogP) is 16.1. The Bertz CT molecular complexity index is 2080. The molecule has 419 valence electrons. The molecule has 73 heavy (non-hydrogen) atoms. The van der Waals surface area contributed by atoms with Crippen LogP contribution in [0.4, 0.5) is 34.1 Å². The molecule has 0 radical (unpaired) electrons. The fourth-order valence-electron chi connectivity index (χ4n) is 6.63. The topological polar surface area (TPSA) is 38.9 Å². The van der Waals surface area contributed by atoms with Gasteiger partial charge in [0.15, 0.2) is 0 Å². The molecule has 0 N–H and O–H groups in total. The van der Waals surface area contributed by atoms with Crippen LogP contribution in [-0.2, 0) is 37.3 Å². The van der Waals surface area contributed by atoms with E-state index in [-0.39, 0.29) is 7.43 Å². The number of hydrogen-bond acceptors (Lipinski definition) is 12. The van der Waals surface area contributed by atoms with Crippen molar-refractivity contribution in [2.75, 3.05) is 70.7 Å². The van der Waals surface area contributed by atoms with Gasteiger partial charge < -0.3 is 58.8 Å². The second-order valence-electron chi connectivity index (χ2n) is 15.4. The Hall–Kier alpha value is -0.745. The summed E-state index contributed by atoms with van der Waals surface area (Å²) in [6.45, 7) is 18.9. The average molecular weight is 1910 g/mol. The van der Waals surface area contributed by atoms with Crippen molar-refractivity contribution >= 4 is 139 Å². The summed E-state index contributed by atoms with van der Waals surface area (Å²) in [6, 6.07) is 28.9. The molecule has 0 saturated carbocycles. The van der Waals surface area contributed by atoms with Gasteiger partial charge in [0.25, 0.3) is 0 Å². The maximum absolute atomic E-state index is 5.41. The summed E-state index contributed by atoms with van der Waals surface area (Å²) in [6.07, 6.45) is 29.4. The fourth-order valence-corrected chi connectivity index (χ4v) is 6.63. The molecule has 0 aliphatic carbocycles. The van der Waals surface area contributed by atoms with Crippen LogP contribution >= 0.6 is 105 Å². The quantitative estimate of drug-likeness (QED) is 0.128. The molecule has 0 amide bonds.